The molecule has 0 heterocycles. The fraction of sp³-hybridized carbons (Fsp3) is 0.533. The van der Waals surface area contributed by atoms with E-state index >= 15 is 0 Å². The lowest BCUT2D eigenvalue weighted by Crippen LogP contribution is -1.96. The van der Waals surface area contributed by atoms with E-state index in [0.717, 1.165) is 25.7 Å². The minimum atomic E-state index is -0.697. The van der Waals surface area contributed by atoms with Crippen molar-refractivity contribution in [2.24, 2.45) is 5.92 Å². The van der Waals surface area contributed by atoms with Gasteiger partial charge in [0.1, 0.15) is 0 Å². The molecule has 1 rings (SSSR count). The summed E-state index contributed by atoms with van der Waals surface area (Å²) >= 11 is 0. The summed E-state index contributed by atoms with van der Waals surface area (Å²) in [5, 5.41) is 8.53. The first-order chi connectivity index (χ1) is 8.08. The van der Waals surface area contributed by atoms with Crippen molar-refractivity contribution in [1.82, 2.24) is 0 Å². The second-order valence-electron chi connectivity index (χ2n) is 5.02. The maximum Gasteiger partial charge on any atom is 0.303 e. The van der Waals surface area contributed by atoms with Crippen LogP contribution >= 0.6 is 0 Å². The van der Waals surface area contributed by atoms with E-state index in [1.165, 1.54) is 11.1 Å². The van der Waals surface area contributed by atoms with Crippen molar-refractivity contribution < 1.29 is 9.90 Å². The van der Waals surface area contributed by atoms with E-state index in [2.05, 4.69) is 38.1 Å². The third-order valence-corrected chi connectivity index (χ3v) is 2.77. The molecule has 0 unspecified atom stereocenters. The van der Waals surface area contributed by atoms with Crippen molar-refractivity contribution in [2.45, 2.75) is 46.0 Å². The molecule has 0 spiro atoms. The summed E-state index contributed by atoms with van der Waals surface area (Å²) in [6.45, 7) is 4.44. The van der Waals surface area contributed by atoms with Crippen molar-refractivity contribution in [3.8, 4) is 0 Å². The average molecular weight is 234 g/mol. The van der Waals surface area contributed by atoms with Gasteiger partial charge in [0.15, 0.2) is 0 Å². The SMILES string of the molecule is CC(C)Cc1ccc(CCCCC(=O)O)cc1. The molecule has 17 heavy (non-hydrogen) atoms. The van der Waals surface area contributed by atoms with Crippen LogP contribution in [0.3, 0.4) is 0 Å². The lowest BCUT2D eigenvalue weighted by Gasteiger charge is -2.06. The van der Waals surface area contributed by atoms with Gasteiger partial charge in [-0.3, -0.25) is 4.79 Å². The highest BCUT2D eigenvalue weighted by atomic mass is 16.4. The molecule has 1 N–H and O–H groups in total. The van der Waals surface area contributed by atoms with Crippen LogP contribution in [0, 0.1) is 5.92 Å². The molecular formula is C15H22O2. The van der Waals surface area contributed by atoms with Crippen molar-refractivity contribution >= 4 is 5.97 Å². The second kappa shape index (κ2) is 7.10. The Morgan fingerprint density at radius 3 is 2.24 bits per heavy atom. The number of aliphatic carboxylic acids is 1. The van der Waals surface area contributed by atoms with Gasteiger partial charge < -0.3 is 5.11 Å². The predicted molar refractivity (Wildman–Crippen MR) is 70.2 cm³/mol. The van der Waals surface area contributed by atoms with E-state index in [9.17, 15) is 4.79 Å². The number of carbonyl (C=O) groups is 1. The van der Waals surface area contributed by atoms with Gasteiger partial charge in [0.2, 0.25) is 0 Å². The molecule has 2 nitrogen and oxygen atoms in total. The standard InChI is InChI=1S/C15H22O2/c1-12(2)11-14-9-7-13(8-10-14)5-3-4-6-15(16)17/h7-10,12H,3-6,11H2,1-2H3,(H,16,17). The van der Waals surface area contributed by atoms with Crippen LogP contribution < -0.4 is 0 Å². The van der Waals surface area contributed by atoms with Crippen LogP contribution in [0.5, 0.6) is 0 Å². The zero-order valence-electron chi connectivity index (χ0n) is 10.8. The lowest BCUT2D eigenvalue weighted by molar-refractivity contribution is -0.137. The summed E-state index contributed by atoms with van der Waals surface area (Å²) in [4.78, 5) is 10.4. The Morgan fingerprint density at radius 1 is 1.12 bits per heavy atom. The number of hydrogen-bond acceptors (Lipinski definition) is 1. The Balaban J connectivity index is 2.32. The molecule has 0 aliphatic rings. The van der Waals surface area contributed by atoms with Crippen molar-refractivity contribution in [3.63, 3.8) is 0 Å². The molecule has 0 radical (unpaired) electrons. The van der Waals surface area contributed by atoms with E-state index in [1.807, 2.05) is 0 Å². The number of carboxylic acids is 1. The highest BCUT2D eigenvalue weighted by molar-refractivity contribution is 5.66. The first kappa shape index (κ1) is 13.8. The van der Waals surface area contributed by atoms with Crippen LogP contribution in [0.1, 0.15) is 44.2 Å². The minimum absolute atomic E-state index is 0.283. The summed E-state index contributed by atoms with van der Waals surface area (Å²) < 4.78 is 0. The third kappa shape index (κ3) is 6.10. The van der Waals surface area contributed by atoms with Gasteiger partial charge in [0, 0.05) is 6.42 Å². The summed E-state index contributed by atoms with van der Waals surface area (Å²) in [6.07, 6.45) is 4.11. The number of hydrogen-bond donors (Lipinski definition) is 1. The highest BCUT2D eigenvalue weighted by Crippen LogP contribution is 2.12. The molecule has 0 saturated heterocycles. The number of carboxylic acid groups (broad SMARTS) is 1. The maximum absolute atomic E-state index is 10.4. The molecule has 2 heteroatoms. The first-order valence-electron chi connectivity index (χ1n) is 6.37. The van der Waals surface area contributed by atoms with E-state index in [4.69, 9.17) is 5.11 Å². The highest BCUT2D eigenvalue weighted by Gasteiger charge is 2.00. The average Bonchev–Trinajstić information content (AvgIpc) is 2.25. The summed E-state index contributed by atoms with van der Waals surface area (Å²) in [6, 6.07) is 8.70. The van der Waals surface area contributed by atoms with E-state index in [-0.39, 0.29) is 6.42 Å². The Morgan fingerprint density at radius 2 is 1.71 bits per heavy atom. The van der Waals surface area contributed by atoms with Crippen LogP contribution in [0.2, 0.25) is 0 Å². The van der Waals surface area contributed by atoms with Gasteiger partial charge in [0.25, 0.3) is 0 Å². The Kier molecular flexibility index (Phi) is 5.75. The third-order valence-electron chi connectivity index (χ3n) is 2.77. The van der Waals surface area contributed by atoms with Gasteiger partial charge in [-0.2, -0.15) is 0 Å². The molecule has 0 aliphatic carbocycles. The molecule has 1 aromatic carbocycles. The van der Waals surface area contributed by atoms with Gasteiger partial charge in [-0.15, -0.1) is 0 Å². The largest absolute Gasteiger partial charge is 0.481 e. The molecular weight excluding hydrogens is 212 g/mol. The van der Waals surface area contributed by atoms with Gasteiger partial charge in [-0.05, 0) is 42.7 Å². The summed E-state index contributed by atoms with van der Waals surface area (Å²) in [5.74, 6) is -0.00584. The monoisotopic (exact) mass is 234 g/mol. The number of benzene rings is 1. The maximum atomic E-state index is 10.4. The molecule has 0 bridgehead atoms. The van der Waals surface area contributed by atoms with Gasteiger partial charge >= 0.3 is 5.97 Å². The van der Waals surface area contributed by atoms with Gasteiger partial charge in [-0.1, -0.05) is 38.1 Å². The van der Waals surface area contributed by atoms with Crippen LogP contribution in [0.15, 0.2) is 24.3 Å². The molecule has 1 aromatic rings. The zero-order chi connectivity index (χ0) is 12.7. The predicted octanol–water partition coefficient (Wildman–Crippen LogP) is 3.68. The fourth-order valence-electron chi connectivity index (χ4n) is 1.92. The number of aryl methyl sites for hydroxylation is 1. The number of rotatable bonds is 7. The van der Waals surface area contributed by atoms with Crippen molar-refractivity contribution in [2.75, 3.05) is 0 Å². The molecule has 0 saturated carbocycles. The Labute approximate surface area is 104 Å². The topological polar surface area (TPSA) is 37.3 Å². The molecule has 0 atom stereocenters. The Hall–Kier alpha value is -1.31. The second-order valence-corrected chi connectivity index (χ2v) is 5.02. The normalized spacial score (nSPS) is 10.8. The molecule has 0 fully saturated rings. The zero-order valence-corrected chi connectivity index (χ0v) is 10.8. The van der Waals surface area contributed by atoms with Crippen LogP contribution in [0.25, 0.3) is 0 Å². The summed E-state index contributed by atoms with van der Waals surface area (Å²) in [5.41, 5.74) is 2.69. The smallest absolute Gasteiger partial charge is 0.303 e. The molecule has 0 aromatic heterocycles. The van der Waals surface area contributed by atoms with Gasteiger partial charge in [0.05, 0.1) is 0 Å². The molecule has 94 valence electrons. The fourth-order valence-corrected chi connectivity index (χ4v) is 1.92. The van der Waals surface area contributed by atoms with Gasteiger partial charge in [-0.25, -0.2) is 0 Å². The quantitative estimate of drug-likeness (QED) is 0.731. The van der Waals surface area contributed by atoms with E-state index < -0.39 is 5.97 Å². The Bertz CT molecular complexity index is 338. The molecule has 0 amide bonds. The van der Waals surface area contributed by atoms with E-state index in [1.54, 1.807) is 0 Å². The van der Waals surface area contributed by atoms with Crippen molar-refractivity contribution in [3.05, 3.63) is 35.4 Å². The molecule has 0 aliphatic heterocycles. The number of unbranched alkanes of at least 4 members (excludes halogenated alkanes) is 1. The summed E-state index contributed by atoms with van der Waals surface area (Å²) in [7, 11) is 0. The minimum Gasteiger partial charge on any atom is -0.481 e. The lowest BCUT2D eigenvalue weighted by atomic mass is 10.00. The van der Waals surface area contributed by atoms with Crippen molar-refractivity contribution in [1.29, 1.82) is 0 Å². The van der Waals surface area contributed by atoms with Crippen LogP contribution in [0.4, 0.5) is 0 Å². The first-order valence-corrected chi connectivity index (χ1v) is 6.37. The van der Waals surface area contributed by atoms with Crippen LogP contribution in [-0.4, -0.2) is 11.1 Å². The van der Waals surface area contributed by atoms with E-state index in [0.29, 0.717) is 5.92 Å². The van der Waals surface area contributed by atoms with Crippen LogP contribution in [-0.2, 0) is 17.6 Å².